The molecular formula is C6H12BNO2. The summed E-state index contributed by atoms with van der Waals surface area (Å²) in [4.78, 5) is 15.5. The molecule has 0 bridgehead atoms. The van der Waals surface area contributed by atoms with Crippen LogP contribution in [0.4, 0.5) is 0 Å². The van der Waals surface area contributed by atoms with E-state index >= 15 is 0 Å². The fraction of sp³-hybridized carbons (Fsp3) is 0.833. The first-order valence-corrected chi connectivity index (χ1v) is 3.70. The molecule has 0 aromatic rings. The predicted molar refractivity (Wildman–Crippen MR) is 40.2 cm³/mol. The summed E-state index contributed by atoms with van der Waals surface area (Å²) in [5.41, 5.74) is 0. The van der Waals surface area contributed by atoms with E-state index in [-0.39, 0.29) is 5.92 Å². The molecule has 0 radical (unpaired) electrons. The minimum absolute atomic E-state index is 0.201. The molecule has 56 valence electrons. The van der Waals surface area contributed by atoms with Gasteiger partial charge in [0.25, 0.3) is 0 Å². The standard InChI is InChI=1S/C6H12BNO2/c7-5-10-8-2-1-6(3-8)4-9/h4,6H,1-3,5,7H2/t6-/m0/s1. The van der Waals surface area contributed by atoms with Crippen molar-refractivity contribution < 1.29 is 9.63 Å². The number of carbonyl (C=O) groups is 1. The third-order valence-corrected chi connectivity index (χ3v) is 1.69. The van der Waals surface area contributed by atoms with Crippen LogP contribution >= 0.6 is 0 Å². The van der Waals surface area contributed by atoms with Crippen LogP contribution in [0.1, 0.15) is 6.42 Å². The Hall–Kier alpha value is -0.345. The highest BCUT2D eigenvalue weighted by atomic mass is 16.7. The van der Waals surface area contributed by atoms with E-state index in [9.17, 15) is 4.79 Å². The van der Waals surface area contributed by atoms with Crippen molar-refractivity contribution in [3.05, 3.63) is 0 Å². The summed E-state index contributed by atoms with van der Waals surface area (Å²) in [6, 6.07) is 0. The molecule has 1 atom stereocenters. The van der Waals surface area contributed by atoms with Crippen molar-refractivity contribution in [3.8, 4) is 0 Å². The molecule has 3 nitrogen and oxygen atoms in total. The van der Waals surface area contributed by atoms with Crippen LogP contribution < -0.4 is 0 Å². The summed E-state index contributed by atoms with van der Waals surface area (Å²) < 4.78 is 0. The van der Waals surface area contributed by atoms with Gasteiger partial charge in [-0.05, 0) is 6.42 Å². The third-order valence-electron chi connectivity index (χ3n) is 1.69. The van der Waals surface area contributed by atoms with E-state index in [1.807, 2.05) is 12.9 Å². The van der Waals surface area contributed by atoms with Crippen molar-refractivity contribution in [2.75, 3.05) is 19.6 Å². The number of rotatable bonds is 3. The van der Waals surface area contributed by atoms with Crippen LogP contribution in [0, 0.1) is 5.92 Å². The first kappa shape index (κ1) is 7.76. The highest BCUT2D eigenvalue weighted by molar-refractivity contribution is 6.08. The Balaban J connectivity index is 2.21. The summed E-state index contributed by atoms with van der Waals surface area (Å²) in [6.45, 7) is 2.38. The maximum Gasteiger partial charge on any atom is 0.137 e. The highest BCUT2D eigenvalue weighted by Crippen LogP contribution is 2.12. The molecular weight excluding hydrogens is 129 g/mol. The Labute approximate surface area is 61.7 Å². The molecule has 1 saturated heterocycles. The molecule has 0 unspecified atom stereocenters. The van der Waals surface area contributed by atoms with E-state index < -0.39 is 0 Å². The lowest BCUT2D eigenvalue weighted by molar-refractivity contribution is -0.129. The van der Waals surface area contributed by atoms with Crippen molar-refractivity contribution in [3.63, 3.8) is 0 Å². The zero-order valence-electron chi connectivity index (χ0n) is 6.25. The molecule has 0 saturated carbocycles. The largest absolute Gasteiger partial charge is 0.308 e. The molecule has 1 heterocycles. The number of nitrogens with zero attached hydrogens (tertiary/aromatic N) is 1. The van der Waals surface area contributed by atoms with E-state index in [0.717, 1.165) is 25.8 Å². The number of carbonyl (C=O) groups excluding carboxylic acids is 1. The number of hydroxylamine groups is 2. The van der Waals surface area contributed by atoms with Crippen molar-refractivity contribution in [2.24, 2.45) is 5.92 Å². The van der Waals surface area contributed by atoms with Crippen molar-refractivity contribution >= 4 is 14.1 Å². The highest BCUT2D eigenvalue weighted by Gasteiger charge is 2.21. The first-order valence-electron chi connectivity index (χ1n) is 3.70. The Morgan fingerprint density at radius 2 is 2.60 bits per heavy atom. The molecule has 4 heteroatoms. The molecule has 0 amide bonds. The summed E-state index contributed by atoms with van der Waals surface area (Å²) in [6.07, 6.45) is 1.96. The fourth-order valence-corrected chi connectivity index (χ4v) is 1.16. The Kier molecular flexibility index (Phi) is 2.90. The number of hydrogen-bond donors (Lipinski definition) is 0. The predicted octanol–water partition coefficient (Wildman–Crippen LogP) is -0.971. The molecule has 1 fully saturated rings. The SMILES string of the molecule is BCON1CC[C@H](C=O)C1. The van der Waals surface area contributed by atoms with Gasteiger partial charge >= 0.3 is 0 Å². The second-order valence-electron chi connectivity index (χ2n) is 2.49. The van der Waals surface area contributed by atoms with Gasteiger partial charge in [-0.1, -0.05) is 0 Å². The topological polar surface area (TPSA) is 29.5 Å². The molecule has 1 aliphatic rings. The summed E-state index contributed by atoms with van der Waals surface area (Å²) in [5, 5.41) is 1.86. The summed E-state index contributed by atoms with van der Waals surface area (Å²) in [5.74, 6) is 0.201. The third kappa shape index (κ3) is 1.82. The van der Waals surface area contributed by atoms with Crippen molar-refractivity contribution in [2.45, 2.75) is 6.42 Å². The minimum Gasteiger partial charge on any atom is -0.308 e. The van der Waals surface area contributed by atoms with E-state index in [2.05, 4.69) is 0 Å². The molecule has 10 heavy (non-hydrogen) atoms. The molecule has 0 aromatic heterocycles. The van der Waals surface area contributed by atoms with E-state index in [1.165, 1.54) is 0 Å². The van der Waals surface area contributed by atoms with Gasteiger partial charge in [-0.15, -0.1) is 0 Å². The van der Waals surface area contributed by atoms with Gasteiger partial charge < -0.3 is 9.63 Å². The van der Waals surface area contributed by atoms with Gasteiger partial charge in [0.1, 0.15) is 14.1 Å². The lowest BCUT2D eigenvalue weighted by atomic mass is 10.1. The van der Waals surface area contributed by atoms with Gasteiger partial charge in [0, 0.05) is 25.5 Å². The van der Waals surface area contributed by atoms with Crippen LogP contribution in [0.2, 0.25) is 0 Å². The van der Waals surface area contributed by atoms with Crippen LogP contribution in [-0.2, 0) is 9.63 Å². The Morgan fingerprint density at radius 3 is 3.10 bits per heavy atom. The molecule has 0 N–H and O–H groups in total. The van der Waals surface area contributed by atoms with E-state index in [0.29, 0.717) is 6.51 Å². The zero-order valence-corrected chi connectivity index (χ0v) is 6.25. The van der Waals surface area contributed by atoms with Gasteiger partial charge in [0.15, 0.2) is 0 Å². The van der Waals surface area contributed by atoms with Crippen LogP contribution in [0.3, 0.4) is 0 Å². The summed E-state index contributed by atoms with van der Waals surface area (Å²) >= 11 is 0. The maximum atomic E-state index is 10.3. The van der Waals surface area contributed by atoms with Crippen LogP contribution in [-0.4, -0.2) is 38.8 Å². The average molecular weight is 141 g/mol. The molecule has 0 spiro atoms. The van der Waals surface area contributed by atoms with Gasteiger partial charge in [-0.2, -0.15) is 5.06 Å². The van der Waals surface area contributed by atoms with Crippen molar-refractivity contribution in [1.29, 1.82) is 0 Å². The van der Waals surface area contributed by atoms with Gasteiger partial charge in [0.2, 0.25) is 0 Å². The van der Waals surface area contributed by atoms with Crippen molar-refractivity contribution in [1.82, 2.24) is 5.06 Å². The van der Waals surface area contributed by atoms with Crippen LogP contribution in [0.5, 0.6) is 0 Å². The second kappa shape index (κ2) is 3.73. The lowest BCUT2D eigenvalue weighted by Crippen LogP contribution is -2.22. The summed E-state index contributed by atoms with van der Waals surface area (Å²) in [7, 11) is 1.95. The molecule has 0 aromatic carbocycles. The first-order chi connectivity index (χ1) is 4.86. The fourth-order valence-electron chi connectivity index (χ4n) is 1.16. The van der Waals surface area contributed by atoms with Gasteiger partial charge in [-0.3, -0.25) is 0 Å². The normalized spacial score (nSPS) is 27.0. The minimum atomic E-state index is 0.201. The molecule has 1 aliphatic heterocycles. The zero-order chi connectivity index (χ0) is 7.40. The monoisotopic (exact) mass is 141 g/mol. The Morgan fingerprint density at radius 1 is 1.80 bits per heavy atom. The number of hydrogen-bond acceptors (Lipinski definition) is 3. The quantitative estimate of drug-likeness (QED) is 0.374. The molecule has 0 aliphatic carbocycles. The molecule has 1 rings (SSSR count). The van der Waals surface area contributed by atoms with E-state index in [4.69, 9.17) is 4.84 Å². The van der Waals surface area contributed by atoms with E-state index in [1.54, 1.807) is 0 Å². The van der Waals surface area contributed by atoms with Crippen LogP contribution in [0.25, 0.3) is 0 Å². The van der Waals surface area contributed by atoms with Gasteiger partial charge in [0.05, 0.1) is 0 Å². The van der Waals surface area contributed by atoms with Gasteiger partial charge in [-0.25, -0.2) is 0 Å². The second-order valence-corrected chi connectivity index (χ2v) is 2.49. The maximum absolute atomic E-state index is 10.3. The smallest absolute Gasteiger partial charge is 0.137 e. The lowest BCUT2D eigenvalue weighted by Gasteiger charge is -2.12. The number of aldehydes is 1. The van der Waals surface area contributed by atoms with Crippen LogP contribution in [0.15, 0.2) is 0 Å². The average Bonchev–Trinajstić information content (AvgIpc) is 2.37. The Bertz CT molecular complexity index is 120.